The maximum Gasteiger partial charge on any atom is 0.277 e. The quantitative estimate of drug-likeness (QED) is 0.124. The standard InChI is InChI=1S/C38H23N3O2/c42-41(43)32-18-10-7-15-27(32)26-21-22-33-37-28(26)19-20-30-36-29-16-8-9-17-31(29)39(24-11-3-1-4-12-24)34(36)23-35(38(30)37)40(33)25-13-5-2-6-14-25/h1-23H. The fraction of sp³-hybridized carbons (Fsp3) is 0. The van der Waals surface area contributed by atoms with Crippen molar-refractivity contribution < 1.29 is 4.92 Å². The molecule has 0 N–H and O–H groups in total. The minimum Gasteiger partial charge on any atom is -0.309 e. The summed E-state index contributed by atoms with van der Waals surface area (Å²) in [6.07, 6.45) is 0. The molecule has 0 unspecified atom stereocenters. The maximum absolute atomic E-state index is 12.0. The van der Waals surface area contributed by atoms with E-state index in [9.17, 15) is 10.1 Å². The molecule has 0 saturated carbocycles. The zero-order valence-corrected chi connectivity index (χ0v) is 22.9. The number of hydrogen-bond donors (Lipinski definition) is 0. The number of rotatable bonds is 4. The number of nitro groups is 1. The van der Waals surface area contributed by atoms with Gasteiger partial charge in [0.15, 0.2) is 0 Å². The molecule has 0 aliphatic rings. The van der Waals surface area contributed by atoms with Gasteiger partial charge >= 0.3 is 0 Å². The second kappa shape index (κ2) is 8.78. The second-order valence-electron chi connectivity index (χ2n) is 11.0. The largest absolute Gasteiger partial charge is 0.309 e. The number of aromatic nitrogens is 2. The van der Waals surface area contributed by atoms with Crippen molar-refractivity contribution in [3.63, 3.8) is 0 Å². The van der Waals surface area contributed by atoms with Crippen molar-refractivity contribution in [3.8, 4) is 22.5 Å². The third kappa shape index (κ3) is 3.22. The van der Waals surface area contributed by atoms with Crippen LogP contribution in [0.3, 0.4) is 0 Å². The van der Waals surface area contributed by atoms with E-state index in [1.807, 2.05) is 30.3 Å². The summed E-state index contributed by atoms with van der Waals surface area (Å²) in [5, 5.41) is 18.9. The first kappa shape index (κ1) is 23.7. The lowest BCUT2D eigenvalue weighted by molar-refractivity contribution is -0.384. The molecule has 7 aromatic carbocycles. The molecule has 9 rings (SSSR count). The zero-order chi connectivity index (χ0) is 28.7. The van der Waals surface area contributed by atoms with E-state index in [0.29, 0.717) is 5.56 Å². The van der Waals surface area contributed by atoms with Gasteiger partial charge in [-0.2, -0.15) is 0 Å². The molecule has 5 heteroatoms. The van der Waals surface area contributed by atoms with Gasteiger partial charge in [-0.1, -0.05) is 84.9 Å². The SMILES string of the molecule is O=[N+]([O-])c1ccccc1-c1ccc2c3c1ccc1c4c5ccccc5n(-c5ccccc5)c4cc(c13)n2-c1ccccc1. The minimum absolute atomic E-state index is 0.109. The van der Waals surface area contributed by atoms with Crippen LogP contribution in [-0.4, -0.2) is 14.1 Å². The second-order valence-corrected chi connectivity index (χ2v) is 11.0. The first-order chi connectivity index (χ1) is 21.2. The van der Waals surface area contributed by atoms with Gasteiger partial charge in [-0.15, -0.1) is 0 Å². The molecular weight excluding hydrogens is 530 g/mol. The van der Waals surface area contributed by atoms with E-state index >= 15 is 0 Å². The third-order valence-electron chi connectivity index (χ3n) is 8.77. The highest BCUT2D eigenvalue weighted by Gasteiger charge is 2.25. The Balaban J connectivity index is 1.51. The molecule has 2 heterocycles. The van der Waals surface area contributed by atoms with Crippen LogP contribution < -0.4 is 0 Å². The normalized spacial score (nSPS) is 11.9. The van der Waals surface area contributed by atoms with Crippen LogP contribution in [0.25, 0.3) is 76.9 Å². The summed E-state index contributed by atoms with van der Waals surface area (Å²) in [5.41, 5.74) is 8.26. The van der Waals surface area contributed by atoms with Crippen molar-refractivity contribution >= 4 is 60.1 Å². The van der Waals surface area contributed by atoms with Gasteiger partial charge < -0.3 is 9.13 Å². The molecule has 0 aliphatic heterocycles. The zero-order valence-electron chi connectivity index (χ0n) is 22.9. The van der Waals surface area contributed by atoms with Crippen molar-refractivity contribution in [2.45, 2.75) is 0 Å². The molecule has 0 aliphatic carbocycles. The first-order valence-electron chi connectivity index (χ1n) is 14.3. The maximum atomic E-state index is 12.0. The average molecular weight is 554 g/mol. The van der Waals surface area contributed by atoms with Crippen molar-refractivity contribution in [3.05, 3.63) is 150 Å². The van der Waals surface area contributed by atoms with Gasteiger partial charge in [-0.3, -0.25) is 10.1 Å². The molecule has 0 bridgehead atoms. The van der Waals surface area contributed by atoms with Crippen molar-refractivity contribution in [2.24, 2.45) is 0 Å². The minimum atomic E-state index is -0.292. The highest BCUT2D eigenvalue weighted by atomic mass is 16.6. The van der Waals surface area contributed by atoms with Crippen LogP contribution in [-0.2, 0) is 0 Å². The molecule has 5 nitrogen and oxygen atoms in total. The molecule has 9 aromatic rings. The molecule has 2 aromatic heterocycles. The van der Waals surface area contributed by atoms with Gasteiger partial charge in [0.1, 0.15) is 0 Å². The number of para-hydroxylation sites is 4. The molecule has 202 valence electrons. The lowest BCUT2D eigenvalue weighted by atomic mass is 9.92. The number of fused-ring (bicyclic) bond motifs is 4. The predicted molar refractivity (Wildman–Crippen MR) is 176 cm³/mol. The Bertz CT molecular complexity index is 2530. The Morgan fingerprint density at radius 1 is 0.442 bits per heavy atom. The van der Waals surface area contributed by atoms with Gasteiger partial charge in [-0.25, -0.2) is 0 Å². The van der Waals surface area contributed by atoms with Gasteiger partial charge in [0.05, 0.1) is 32.6 Å². The van der Waals surface area contributed by atoms with E-state index in [-0.39, 0.29) is 10.6 Å². The van der Waals surface area contributed by atoms with Crippen molar-refractivity contribution in [2.75, 3.05) is 0 Å². The van der Waals surface area contributed by atoms with E-state index in [2.05, 4.69) is 106 Å². The molecule has 0 atom stereocenters. The van der Waals surface area contributed by atoms with Gasteiger partial charge in [0, 0.05) is 39.0 Å². The Hall–Kier alpha value is -5.94. The van der Waals surface area contributed by atoms with Crippen LogP contribution in [0.5, 0.6) is 0 Å². The Kier molecular flexibility index (Phi) is 4.85. The highest BCUT2D eigenvalue weighted by molar-refractivity contribution is 6.34. The third-order valence-corrected chi connectivity index (χ3v) is 8.77. The Morgan fingerprint density at radius 3 is 1.77 bits per heavy atom. The molecule has 0 fully saturated rings. The van der Waals surface area contributed by atoms with Crippen LogP contribution >= 0.6 is 0 Å². The average Bonchev–Trinajstić information content (AvgIpc) is 3.57. The topological polar surface area (TPSA) is 53.0 Å². The van der Waals surface area contributed by atoms with Gasteiger partial charge in [0.2, 0.25) is 0 Å². The molecule has 43 heavy (non-hydrogen) atoms. The van der Waals surface area contributed by atoms with Crippen LogP contribution in [0, 0.1) is 10.1 Å². The Morgan fingerprint density at radius 2 is 1.02 bits per heavy atom. The smallest absolute Gasteiger partial charge is 0.277 e. The summed E-state index contributed by atoms with van der Waals surface area (Å²) in [5.74, 6) is 0. The number of benzene rings is 7. The molecule has 0 amide bonds. The van der Waals surface area contributed by atoms with Crippen molar-refractivity contribution in [1.82, 2.24) is 9.13 Å². The molecule has 0 saturated heterocycles. The van der Waals surface area contributed by atoms with Crippen LogP contribution in [0.1, 0.15) is 0 Å². The fourth-order valence-electron chi connectivity index (χ4n) is 7.08. The summed E-state index contributed by atoms with van der Waals surface area (Å²) < 4.78 is 4.69. The summed E-state index contributed by atoms with van der Waals surface area (Å²) in [6.45, 7) is 0. The van der Waals surface area contributed by atoms with E-state index < -0.39 is 0 Å². The van der Waals surface area contributed by atoms with E-state index in [1.165, 1.54) is 21.5 Å². The lowest BCUT2D eigenvalue weighted by Crippen LogP contribution is -1.95. The van der Waals surface area contributed by atoms with E-state index in [1.54, 1.807) is 12.1 Å². The predicted octanol–water partition coefficient (Wildman–Crippen LogP) is 10.0. The number of nitro benzene ring substituents is 1. The number of hydrogen-bond acceptors (Lipinski definition) is 2. The fourth-order valence-corrected chi connectivity index (χ4v) is 7.08. The van der Waals surface area contributed by atoms with Gasteiger partial charge in [-0.05, 0) is 64.9 Å². The summed E-state index contributed by atoms with van der Waals surface area (Å²) in [7, 11) is 0. The molecule has 0 radical (unpaired) electrons. The molecular formula is C38H23N3O2. The van der Waals surface area contributed by atoms with E-state index in [4.69, 9.17) is 0 Å². The summed E-state index contributed by atoms with van der Waals surface area (Å²) >= 11 is 0. The number of nitrogens with zero attached hydrogens (tertiary/aromatic N) is 3. The summed E-state index contributed by atoms with van der Waals surface area (Å²) in [6, 6.07) is 47.4. The molecule has 0 spiro atoms. The van der Waals surface area contributed by atoms with Crippen LogP contribution in [0.15, 0.2) is 140 Å². The van der Waals surface area contributed by atoms with Crippen LogP contribution in [0.4, 0.5) is 5.69 Å². The van der Waals surface area contributed by atoms with E-state index in [0.717, 1.165) is 49.8 Å². The highest BCUT2D eigenvalue weighted by Crippen LogP contribution is 2.48. The summed E-state index contributed by atoms with van der Waals surface area (Å²) in [4.78, 5) is 11.8. The van der Waals surface area contributed by atoms with Crippen LogP contribution in [0.2, 0.25) is 0 Å². The Labute approximate surface area is 245 Å². The van der Waals surface area contributed by atoms with Gasteiger partial charge in [0.25, 0.3) is 5.69 Å². The monoisotopic (exact) mass is 553 g/mol. The lowest BCUT2D eigenvalue weighted by Gasteiger charge is -2.10. The van der Waals surface area contributed by atoms with Crippen molar-refractivity contribution in [1.29, 1.82) is 0 Å². The first-order valence-corrected chi connectivity index (χ1v) is 14.3.